The van der Waals surface area contributed by atoms with Gasteiger partial charge in [-0.05, 0) is 12.1 Å². The zero-order valence-corrected chi connectivity index (χ0v) is 10.6. The van der Waals surface area contributed by atoms with Crippen LogP contribution in [-0.4, -0.2) is 58.5 Å². The second kappa shape index (κ2) is 5.93. The lowest BCUT2D eigenvalue weighted by Gasteiger charge is -2.35. The smallest absolute Gasteiger partial charge is 0.219 e. The van der Waals surface area contributed by atoms with Gasteiger partial charge in [0.2, 0.25) is 5.91 Å². The molecule has 98 valence electrons. The number of carbonyl (C=O) groups excluding carboxylic acids is 1. The van der Waals surface area contributed by atoms with Crippen LogP contribution in [0.5, 0.6) is 0 Å². The molecule has 1 aromatic rings. The largest absolute Gasteiger partial charge is 0.385 e. The van der Waals surface area contributed by atoms with E-state index in [1.165, 1.54) is 0 Å². The maximum atomic E-state index is 11.2. The molecule has 1 aliphatic heterocycles. The Labute approximate surface area is 107 Å². The number of nitrogens with zero attached hydrogens (tertiary/aromatic N) is 3. The molecule has 1 fully saturated rings. The Morgan fingerprint density at radius 1 is 1.39 bits per heavy atom. The van der Waals surface area contributed by atoms with Crippen molar-refractivity contribution in [3.05, 3.63) is 30.1 Å². The molecule has 0 bridgehead atoms. The molecule has 2 rings (SSSR count). The number of piperazine rings is 1. The third kappa shape index (κ3) is 3.27. The van der Waals surface area contributed by atoms with Crippen molar-refractivity contribution in [3.8, 4) is 0 Å². The molecule has 1 unspecified atom stereocenters. The number of β-amino-alcohol motifs (C(OH)–C–C–N with tert-alkyl or cyclic N) is 1. The molecule has 1 saturated heterocycles. The van der Waals surface area contributed by atoms with Gasteiger partial charge in [0.05, 0.1) is 5.69 Å². The third-order valence-corrected chi connectivity index (χ3v) is 3.28. The number of aliphatic hydroxyl groups is 1. The summed E-state index contributed by atoms with van der Waals surface area (Å²) in [5, 5.41) is 10.1. The molecular formula is C13H19N3O2. The Bertz CT molecular complexity index is 388. The van der Waals surface area contributed by atoms with Gasteiger partial charge in [-0.2, -0.15) is 0 Å². The van der Waals surface area contributed by atoms with Crippen molar-refractivity contribution in [1.29, 1.82) is 0 Å². The van der Waals surface area contributed by atoms with Gasteiger partial charge in [-0.3, -0.25) is 14.7 Å². The summed E-state index contributed by atoms with van der Waals surface area (Å²) in [6.45, 7) is 5.27. The summed E-state index contributed by atoms with van der Waals surface area (Å²) in [4.78, 5) is 19.3. The number of hydrogen-bond donors (Lipinski definition) is 1. The first-order valence-corrected chi connectivity index (χ1v) is 6.23. The third-order valence-electron chi connectivity index (χ3n) is 3.28. The maximum Gasteiger partial charge on any atom is 0.219 e. The van der Waals surface area contributed by atoms with E-state index in [0.29, 0.717) is 12.2 Å². The summed E-state index contributed by atoms with van der Waals surface area (Å²) in [5.41, 5.74) is 0.700. The molecule has 0 spiro atoms. The molecule has 5 heteroatoms. The summed E-state index contributed by atoms with van der Waals surface area (Å²) in [6, 6.07) is 5.54. The van der Waals surface area contributed by atoms with E-state index in [0.717, 1.165) is 26.2 Å². The van der Waals surface area contributed by atoms with E-state index in [9.17, 15) is 9.90 Å². The molecule has 0 aromatic carbocycles. The van der Waals surface area contributed by atoms with Gasteiger partial charge in [-0.1, -0.05) is 6.07 Å². The van der Waals surface area contributed by atoms with Gasteiger partial charge in [0.15, 0.2) is 0 Å². The number of amides is 1. The lowest BCUT2D eigenvalue weighted by molar-refractivity contribution is -0.130. The topological polar surface area (TPSA) is 56.7 Å². The van der Waals surface area contributed by atoms with Crippen LogP contribution in [0.4, 0.5) is 0 Å². The summed E-state index contributed by atoms with van der Waals surface area (Å²) in [6.07, 6.45) is 1.13. The van der Waals surface area contributed by atoms with Crippen LogP contribution < -0.4 is 0 Å². The van der Waals surface area contributed by atoms with Crippen molar-refractivity contribution >= 4 is 5.91 Å². The van der Waals surface area contributed by atoms with E-state index in [1.54, 1.807) is 13.1 Å². The number of rotatable bonds is 3. The van der Waals surface area contributed by atoms with Crippen LogP contribution in [0.3, 0.4) is 0 Å². The van der Waals surface area contributed by atoms with Crippen molar-refractivity contribution in [2.24, 2.45) is 0 Å². The molecular weight excluding hydrogens is 230 g/mol. The van der Waals surface area contributed by atoms with Gasteiger partial charge in [0.25, 0.3) is 0 Å². The van der Waals surface area contributed by atoms with E-state index in [1.807, 2.05) is 23.1 Å². The minimum atomic E-state index is -0.560. The highest BCUT2D eigenvalue weighted by Gasteiger charge is 2.21. The first-order chi connectivity index (χ1) is 8.66. The molecule has 18 heavy (non-hydrogen) atoms. The number of hydrogen-bond acceptors (Lipinski definition) is 4. The van der Waals surface area contributed by atoms with E-state index in [-0.39, 0.29) is 5.91 Å². The highest BCUT2D eigenvalue weighted by Crippen LogP contribution is 2.12. The summed E-state index contributed by atoms with van der Waals surface area (Å²) < 4.78 is 0. The van der Waals surface area contributed by atoms with Crippen LogP contribution in [0.1, 0.15) is 18.7 Å². The fourth-order valence-electron chi connectivity index (χ4n) is 2.16. The zero-order valence-electron chi connectivity index (χ0n) is 10.6. The molecule has 0 aliphatic carbocycles. The van der Waals surface area contributed by atoms with Crippen molar-refractivity contribution in [1.82, 2.24) is 14.8 Å². The Morgan fingerprint density at radius 2 is 2.11 bits per heavy atom. The van der Waals surface area contributed by atoms with Crippen LogP contribution in [0, 0.1) is 0 Å². The Morgan fingerprint density at radius 3 is 2.67 bits per heavy atom. The normalized spacial score (nSPS) is 18.7. The van der Waals surface area contributed by atoms with E-state index in [4.69, 9.17) is 0 Å². The highest BCUT2D eigenvalue weighted by atomic mass is 16.3. The fourth-order valence-corrected chi connectivity index (χ4v) is 2.16. The minimum absolute atomic E-state index is 0.125. The number of aliphatic hydroxyl groups excluding tert-OH is 1. The average molecular weight is 249 g/mol. The maximum absolute atomic E-state index is 11.2. The number of aromatic nitrogens is 1. The van der Waals surface area contributed by atoms with Gasteiger partial charge in [-0.15, -0.1) is 0 Å². The molecule has 1 N–H and O–H groups in total. The van der Waals surface area contributed by atoms with Gasteiger partial charge >= 0.3 is 0 Å². The molecule has 2 heterocycles. The Kier molecular flexibility index (Phi) is 4.28. The van der Waals surface area contributed by atoms with E-state index in [2.05, 4.69) is 9.88 Å². The second-order valence-electron chi connectivity index (χ2n) is 4.58. The van der Waals surface area contributed by atoms with Crippen molar-refractivity contribution in [2.75, 3.05) is 32.7 Å². The number of carbonyl (C=O) groups is 1. The fraction of sp³-hybridized carbons (Fsp3) is 0.538. The summed E-state index contributed by atoms with van der Waals surface area (Å²) in [5.74, 6) is 0.125. The lowest BCUT2D eigenvalue weighted by atomic mass is 10.2. The number of pyridine rings is 1. The highest BCUT2D eigenvalue weighted by molar-refractivity contribution is 5.73. The molecule has 0 saturated carbocycles. The molecule has 1 amide bonds. The standard InChI is InChI=1S/C13H19N3O2/c1-11(17)16-8-6-15(7-9-16)10-13(18)12-4-2-3-5-14-12/h2-5,13,18H,6-10H2,1H3. The average Bonchev–Trinajstić information content (AvgIpc) is 2.40. The Balaban J connectivity index is 1.83. The van der Waals surface area contributed by atoms with Crippen LogP contribution in [0.15, 0.2) is 24.4 Å². The van der Waals surface area contributed by atoms with Crippen molar-refractivity contribution < 1.29 is 9.90 Å². The van der Waals surface area contributed by atoms with E-state index >= 15 is 0 Å². The predicted molar refractivity (Wildman–Crippen MR) is 67.9 cm³/mol. The van der Waals surface area contributed by atoms with Crippen LogP contribution in [0.2, 0.25) is 0 Å². The van der Waals surface area contributed by atoms with E-state index < -0.39 is 6.10 Å². The molecule has 0 radical (unpaired) electrons. The molecule has 5 nitrogen and oxygen atoms in total. The quantitative estimate of drug-likeness (QED) is 0.836. The van der Waals surface area contributed by atoms with Crippen LogP contribution >= 0.6 is 0 Å². The summed E-state index contributed by atoms with van der Waals surface area (Å²) >= 11 is 0. The first-order valence-electron chi connectivity index (χ1n) is 6.23. The Hall–Kier alpha value is -1.46. The van der Waals surface area contributed by atoms with Crippen molar-refractivity contribution in [2.45, 2.75) is 13.0 Å². The second-order valence-corrected chi connectivity index (χ2v) is 4.58. The molecule has 1 aromatic heterocycles. The first kappa shape index (κ1) is 13.0. The van der Waals surface area contributed by atoms with Gasteiger partial charge < -0.3 is 10.0 Å². The molecule has 1 atom stereocenters. The van der Waals surface area contributed by atoms with Gasteiger partial charge in [-0.25, -0.2) is 0 Å². The summed E-state index contributed by atoms with van der Waals surface area (Å²) in [7, 11) is 0. The minimum Gasteiger partial charge on any atom is -0.385 e. The zero-order chi connectivity index (χ0) is 13.0. The monoisotopic (exact) mass is 249 g/mol. The lowest BCUT2D eigenvalue weighted by Crippen LogP contribution is -2.49. The van der Waals surface area contributed by atoms with Crippen molar-refractivity contribution in [3.63, 3.8) is 0 Å². The van der Waals surface area contributed by atoms with Crippen LogP contribution in [0.25, 0.3) is 0 Å². The van der Waals surface area contributed by atoms with Gasteiger partial charge in [0, 0.05) is 45.8 Å². The molecule has 1 aliphatic rings. The van der Waals surface area contributed by atoms with Crippen LogP contribution in [-0.2, 0) is 4.79 Å². The SMILES string of the molecule is CC(=O)N1CCN(CC(O)c2ccccn2)CC1. The van der Waals surface area contributed by atoms with Gasteiger partial charge in [0.1, 0.15) is 6.10 Å². The predicted octanol–water partition coefficient (Wildman–Crippen LogP) is 0.279.